The topological polar surface area (TPSA) is 30.2 Å². The number of furan rings is 1. The number of carbonyl (C=O) groups excluding carboxylic acids is 1. The van der Waals surface area contributed by atoms with Crippen molar-refractivity contribution in [1.82, 2.24) is 0 Å². The van der Waals surface area contributed by atoms with Gasteiger partial charge in [-0.15, -0.1) is 0 Å². The van der Waals surface area contributed by atoms with Crippen LogP contribution in [-0.2, 0) is 4.79 Å². The highest BCUT2D eigenvalue weighted by Gasteiger charge is 2.21. The minimum Gasteiger partial charge on any atom is -0.472 e. The van der Waals surface area contributed by atoms with E-state index in [9.17, 15) is 4.79 Å². The van der Waals surface area contributed by atoms with Gasteiger partial charge in [0.1, 0.15) is 0 Å². The lowest BCUT2D eigenvalue weighted by Crippen LogP contribution is -1.88. The van der Waals surface area contributed by atoms with E-state index in [4.69, 9.17) is 4.42 Å². The largest absolute Gasteiger partial charge is 0.472 e. The van der Waals surface area contributed by atoms with Gasteiger partial charge in [-0.3, -0.25) is 4.79 Å². The van der Waals surface area contributed by atoms with Crippen molar-refractivity contribution in [2.45, 2.75) is 6.42 Å². The molecule has 0 bridgehead atoms. The Bertz CT molecular complexity index is 374. The summed E-state index contributed by atoms with van der Waals surface area (Å²) < 4.78 is 4.90. The summed E-state index contributed by atoms with van der Waals surface area (Å²) in [5, 5.41) is 0. The van der Waals surface area contributed by atoms with Gasteiger partial charge in [-0.05, 0) is 17.0 Å². The van der Waals surface area contributed by atoms with E-state index in [1.807, 2.05) is 12.1 Å². The molecule has 1 aromatic rings. The lowest BCUT2D eigenvalue weighted by Gasteiger charge is -1.89. The Kier molecular flexibility index (Phi) is 2.10. The maximum absolute atomic E-state index is 11.3. The number of Topliss-reactive ketones (excluding diaryl/α,β-unsaturated/α-hetero) is 1. The zero-order valence-electron chi connectivity index (χ0n) is 6.95. The van der Waals surface area contributed by atoms with Gasteiger partial charge in [-0.2, -0.15) is 0 Å². The number of thioether (sulfide) groups is 1. The molecule has 0 unspecified atom stereocenters. The fourth-order valence-corrected chi connectivity index (χ4v) is 2.03. The maximum atomic E-state index is 11.3. The van der Waals surface area contributed by atoms with E-state index in [2.05, 4.69) is 6.58 Å². The monoisotopic (exact) mass is 192 g/mol. The third kappa shape index (κ3) is 1.75. The van der Waals surface area contributed by atoms with Crippen LogP contribution in [-0.4, -0.2) is 5.78 Å². The number of rotatable bonds is 1. The van der Waals surface area contributed by atoms with Gasteiger partial charge < -0.3 is 4.42 Å². The Morgan fingerprint density at radius 2 is 2.46 bits per heavy atom. The predicted octanol–water partition coefficient (Wildman–Crippen LogP) is 2.84. The summed E-state index contributed by atoms with van der Waals surface area (Å²) >= 11 is 1.45. The highest BCUT2D eigenvalue weighted by Crippen LogP contribution is 2.37. The van der Waals surface area contributed by atoms with Gasteiger partial charge in [0.15, 0.2) is 5.78 Å². The number of hydrogen-bond acceptors (Lipinski definition) is 3. The molecule has 2 heterocycles. The van der Waals surface area contributed by atoms with Crippen molar-refractivity contribution < 1.29 is 9.21 Å². The van der Waals surface area contributed by atoms with Crippen molar-refractivity contribution in [3.63, 3.8) is 0 Å². The summed E-state index contributed by atoms with van der Waals surface area (Å²) in [4.78, 5) is 13.0. The van der Waals surface area contributed by atoms with Crippen LogP contribution in [0.1, 0.15) is 12.0 Å². The summed E-state index contributed by atoms with van der Waals surface area (Å²) in [5.41, 5.74) is 0.922. The fourth-order valence-electron chi connectivity index (χ4n) is 1.13. The molecule has 0 atom stereocenters. The molecule has 0 aliphatic carbocycles. The first kappa shape index (κ1) is 8.38. The lowest BCUT2D eigenvalue weighted by atomic mass is 10.2. The molecule has 0 aromatic carbocycles. The van der Waals surface area contributed by atoms with Crippen molar-refractivity contribution in [1.29, 1.82) is 0 Å². The normalized spacial score (nSPS) is 20.2. The highest BCUT2D eigenvalue weighted by atomic mass is 32.2. The third-order valence-electron chi connectivity index (χ3n) is 1.73. The number of carbonyl (C=O) groups is 1. The van der Waals surface area contributed by atoms with Gasteiger partial charge in [0.25, 0.3) is 0 Å². The van der Waals surface area contributed by atoms with Crippen LogP contribution >= 0.6 is 11.8 Å². The summed E-state index contributed by atoms with van der Waals surface area (Å²) in [6.45, 7) is 3.76. The van der Waals surface area contributed by atoms with Crippen LogP contribution in [0.4, 0.5) is 0 Å². The smallest absolute Gasteiger partial charge is 0.174 e. The van der Waals surface area contributed by atoms with E-state index in [1.165, 1.54) is 11.8 Å². The molecular formula is C10H8O2S. The summed E-state index contributed by atoms with van der Waals surface area (Å²) in [7, 11) is 0. The Balaban J connectivity index is 2.27. The van der Waals surface area contributed by atoms with Gasteiger partial charge in [-0.25, -0.2) is 0 Å². The van der Waals surface area contributed by atoms with E-state index in [-0.39, 0.29) is 5.78 Å². The van der Waals surface area contributed by atoms with Gasteiger partial charge in [0.2, 0.25) is 0 Å². The summed E-state index contributed by atoms with van der Waals surface area (Å²) in [6.07, 6.45) is 5.50. The number of hydrogen-bond donors (Lipinski definition) is 0. The number of allylic oxidation sites excluding steroid dienone is 2. The molecule has 1 aliphatic heterocycles. The zero-order chi connectivity index (χ0) is 9.26. The molecule has 0 amide bonds. The van der Waals surface area contributed by atoms with Crippen molar-refractivity contribution in [3.05, 3.63) is 40.5 Å². The molecule has 1 saturated heterocycles. The van der Waals surface area contributed by atoms with Crippen molar-refractivity contribution in [2.75, 3.05) is 0 Å². The van der Waals surface area contributed by atoms with Gasteiger partial charge in [0, 0.05) is 12.0 Å². The first-order valence-electron chi connectivity index (χ1n) is 3.88. The molecule has 0 saturated carbocycles. The van der Waals surface area contributed by atoms with E-state index in [1.54, 1.807) is 12.5 Å². The molecule has 1 aliphatic rings. The molecule has 66 valence electrons. The molecule has 1 fully saturated rings. The minimum atomic E-state index is 0.149. The van der Waals surface area contributed by atoms with E-state index in [0.29, 0.717) is 6.42 Å². The Hall–Kier alpha value is -1.22. The predicted molar refractivity (Wildman–Crippen MR) is 53.0 cm³/mol. The SMILES string of the molecule is C=C1CC(=O)/C(=C/c2ccoc2)S1. The third-order valence-corrected chi connectivity index (χ3v) is 2.73. The molecule has 1 aromatic heterocycles. The quantitative estimate of drug-likeness (QED) is 0.641. The van der Waals surface area contributed by atoms with Crippen LogP contribution < -0.4 is 0 Å². The van der Waals surface area contributed by atoms with E-state index in [0.717, 1.165) is 15.4 Å². The average Bonchev–Trinajstić information content (AvgIpc) is 2.63. The van der Waals surface area contributed by atoms with Crippen molar-refractivity contribution >= 4 is 23.6 Å². The average molecular weight is 192 g/mol. The Morgan fingerprint density at radius 3 is 3.00 bits per heavy atom. The molecule has 3 heteroatoms. The van der Waals surface area contributed by atoms with Crippen LogP contribution in [0.25, 0.3) is 6.08 Å². The highest BCUT2D eigenvalue weighted by molar-refractivity contribution is 8.08. The van der Waals surface area contributed by atoms with E-state index < -0.39 is 0 Å². The van der Waals surface area contributed by atoms with Gasteiger partial charge in [0.05, 0.1) is 17.4 Å². The Morgan fingerprint density at radius 1 is 1.62 bits per heavy atom. The van der Waals surface area contributed by atoms with Crippen LogP contribution in [0.2, 0.25) is 0 Å². The lowest BCUT2D eigenvalue weighted by molar-refractivity contribution is -0.113. The molecule has 0 radical (unpaired) electrons. The van der Waals surface area contributed by atoms with Crippen LogP contribution in [0.15, 0.2) is 39.4 Å². The van der Waals surface area contributed by atoms with Crippen molar-refractivity contribution in [3.8, 4) is 0 Å². The molecule has 0 N–H and O–H groups in total. The van der Waals surface area contributed by atoms with Gasteiger partial charge in [-0.1, -0.05) is 18.3 Å². The summed E-state index contributed by atoms with van der Waals surface area (Å²) in [6, 6.07) is 1.82. The van der Waals surface area contributed by atoms with Crippen LogP contribution in [0.5, 0.6) is 0 Å². The second-order valence-corrected chi connectivity index (χ2v) is 4.03. The standard InChI is InChI=1S/C10H8O2S/c1-7-4-9(11)10(13-7)5-8-2-3-12-6-8/h2-3,5-6H,1,4H2/b10-5-. The molecule has 13 heavy (non-hydrogen) atoms. The zero-order valence-corrected chi connectivity index (χ0v) is 7.76. The Labute approximate surface area is 80.3 Å². The van der Waals surface area contributed by atoms with Crippen LogP contribution in [0, 0.1) is 0 Å². The van der Waals surface area contributed by atoms with E-state index >= 15 is 0 Å². The first-order chi connectivity index (χ1) is 6.25. The summed E-state index contributed by atoms with van der Waals surface area (Å²) in [5.74, 6) is 0.149. The molecule has 0 spiro atoms. The number of ketones is 1. The molecule has 2 nitrogen and oxygen atoms in total. The maximum Gasteiger partial charge on any atom is 0.174 e. The fraction of sp³-hybridized carbons (Fsp3) is 0.100. The molecule has 2 rings (SSSR count). The molecular weight excluding hydrogens is 184 g/mol. The minimum absolute atomic E-state index is 0.149. The van der Waals surface area contributed by atoms with Crippen molar-refractivity contribution in [2.24, 2.45) is 0 Å². The first-order valence-corrected chi connectivity index (χ1v) is 4.70. The second kappa shape index (κ2) is 3.26. The second-order valence-electron chi connectivity index (χ2n) is 2.81. The van der Waals surface area contributed by atoms with Gasteiger partial charge >= 0.3 is 0 Å². The van der Waals surface area contributed by atoms with Crippen LogP contribution in [0.3, 0.4) is 0 Å².